The smallest absolute Gasteiger partial charge is 0.267 e. The van der Waals surface area contributed by atoms with Gasteiger partial charge in [-0.05, 0) is 56.7 Å². The molecule has 2 heterocycles. The van der Waals surface area contributed by atoms with E-state index in [0.717, 1.165) is 41.5 Å². The van der Waals surface area contributed by atoms with Crippen LogP contribution in [0.3, 0.4) is 0 Å². The van der Waals surface area contributed by atoms with Gasteiger partial charge in [-0.2, -0.15) is 0 Å². The largest absolute Gasteiger partial charge is 0.370 e. The Hall–Kier alpha value is -2.74. The first-order valence-electron chi connectivity index (χ1n) is 10.5. The van der Waals surface area contributed by atoms with Crippen molar-refractivity contribution in [3.63, 3.8) is 0 Å². The van der Waals surface area contributed by atoms with Crippen LogP contribution in [-0.2, 0) is 4.79 Å². The number of amides is 1. The molecule has 1 aromatic heterocycles. The molecule has 8 heteroatoms. The van der Waals surface area contributed by atoms with Crippen molar-refractivity contribution in [1.29, 1.82) is 0 Å². The first-order chi connectivity index (χ1) is 15.4. The Kier molecular flexibility index (Phi) is 6.89. The van der Waals surface area contributed by atoms with Crippen LogP contribution in [0.15, 0.2) is 48.5 Å². The van der Waals surface area contributed by atoms with E-state index in [1.165, 1.54) is 11.3 Å². The van der Waals surface area contributed by atoms with Crippen molar-refractivity contribution in [2.24, 2.45) is 0 Å². The minimum absolute atomic E-state index is 0.153. The highest BCUT2D eigenvalue weighted by molar-refractivity contribution is 7.17. The van der Waals surface area contributed by atoms with Crippen LogP contribution in [0, 0.1) is 6.92 Å². The molecule has 6 nitrogen and oxygen atoms in total. The fraction of sp³-hybridized carbons (Fsp3) is 0.292. The fourth-order valence-corrected chi connectivity index (χ4v) is 4.81. The Morgan fingerprint density at radius 2 is 1.88 bits per heavy atom. The van der Waals surface area contributed by atoms with E-state index in [0.29, 0.717) is 28.2 Å². The molecule has 0 radical (unpaired) electrons. The summed E-state index contributed by atoms with van der Waals surface area (Å²) in [7, 11) is 0. The van der Waals surface area contributed by atoms with E-state index in [1.54, 1.807) is 6.92 Å². The summed E-state index contributed by atoms with van der Waals surface area (Å²) < 4.78 is 0. The van der Waals surface area contributed by atoms with Crippen molar-refractivity contribution in [3.8, 4) is 10.6 Å². The van der Waals surface area contributed by atoms with Crippen LogP contribution in [0.25, 0.3) is 10.6 Å². The Bertz CT molecular complexity index is 1110. The number of ketones is 1. The molecule has 166 valence electrons. The maximum atomic E-state index is 12.8. The third-order valence-electron chi connectivity index (χ3n) is 5.41. The number of carbonyl (C=O) groups is 2. The van der Waals surface area contributed by atoms with Crippen molar-refractivity contribution in [2.45, 2.75) is 26.3 Å². The van der Waals surface area contributed by atoms with Gasteiger partial charge in [0.15, 0.2) is 0 Å². The van der Waals surface area contributed by atoms with Gasteiger partial charge in [-0.1, -0.05) is 23.7 Å². The van der Waals surface area contributed by atoms with Gasteiger partial charge >= 0.3 is 0 Å². The summed E-state index contributed by atoms with van der Waals surface area (Å²) in [5, 5.41) is 7.73. The van der Waals surface area contributed by atoms with Crippen LogP contribution in [0.4, 0.5) is 11.4 Å². The average Bonchev–Trinajstić information content (AvgIpc) is 3.40. The number of hydrogen-bond acceptors (Lipinski definition) is 6. The molecule has 1 unspecified atom stereocenters. The zero-order valence-corrected chi connectivity index (χ0v) is 19.6. The number of carbonyl (C=O) groups excluding carboxylic acids is 2. The van der Waals surface area contributed by atoms with E-state index >= 15 is 0 Å². The van der Waals surface area contributed by atoms with Gasteiger partial charge in [0, 0.05) is 41.1 Å². The van der Waals surface area contributed by atoms with E-state index in [2.05, 4.69) is 20.5 Å². The predicted molar refractivity (Wildman–Crippen MR) is 131 cm³/mol. The summed E-state index contributed by atoms with van der Waals surface area (Å²) in [6.07, 6.45) is 1.01. The van der Waals surface area contributed by atoms with Gasteiger partial charge in [0.25, 0.3) is 5.91 Å². The van der Waals surface area contributed by atoms with Crippen LogP contribution in [-0.4, -0.2) is 42.4 Å². The quantitative estimate of drug-likeness (QED) is 0.522. The number of anilines is 2. The Labute approximate surface area is 196 Å². The molecule has 2 aromatic carbocycles. The van der Waals surface area contributed by atoms with E-state index in [-0.39, 0.29) is 11.7 Å². The van der Waals surface area contributed by atoms with E-state index in [9.17, 15) is 9.59 Å². The summed E-state index contributed by atoms with van der Waals surface area (Å²) in [5.41, 5.74) is 3.49. The molecule has 2 N–H and O–H groups in total. The molecular weight excluding hydrogens is 444 g/mol. The number of nitrogens with zero attached hydrogens (tertiary/aromatic N) is 2. The van der Waals surface area contributed by atoms with Crippen molar-refractivity contribution in [2.75, 3.05) is 29.9 Å². The number of rotatable bonds is 7. The molecule has 0 spiro atoms. The number of aromatic nitrogens is 1. The molecular formula is C24H25ClN4O2S. The molecule has 1 atom stereocenters. The van der Waals surface area contributed by atoms with Gasteiger partial charge < -0.3 is 15.5 Å². The third-order valence-corrected chi connectivity index (χ3v) is 6.87. The lowest BCUT2D eigenvalue weighted by molar-refractivity contribution is -0.116. The Morgan fingerprint density at radius 1 is 1.16 bits per heavy atom. The molecule has 1 saturated heterocycles. The number of nitrogens with one attached hydrogen (secondary N) is 2. The standard InChI is InChI=1S/C24H25ClN4O2S/c1-15(30)13-26-20-11-12-29(14-20)21-9-7-19(8-10-21)28-23(31)22-16(2)27-24(32-22)17-3-5-18(25)6-4-17/h3-10,20,26H,11-14H2,1-2H3,(H,28,31). The summed E-state index contributed by atoms with van der Waals surface area (Å²) in [6.45, 7) is 5.67. The number of benzene rings is 2. The predicted octanol–water partition coefficient (Wildman–Crippen LogP) is 4.78. The lowest BCUT2D eigenvalue weighted by Gasteiger charge is -2.19. The zero-order valence-electron chi connectivity index (χ0n) is 18.0. The zero-order chi connectivity index (χ0) is 22.7. The highest BCUT2D eigenvalue weighted by atomic mass is 35.5. The van der Waals surface area contributed by atoms with Gasteiger partial charge in [0.1, 0.15) is 15.7 Å². The second-order valence-corrected chi connectivity index (χ2v) is 9.39. The fourth-order valence-electron chi connectivity index (χ4n) is 3.72. The summed E-state index contributed by atoms with van der Waals surface area (Å²) in [5.74, 6) is -0.0114. The summed E-state index contributed by atoms with van der Waals surface area (Å²) in [4.78, 5) is 31.4. The topological polar surface area (TPSA) is 74.3 Å². The second-order valence-electron chi connectivity index (χ2n) is 7.96. The highest BCUT2D eigenvalue weighted by Crippen LogP contribution is 2.30. The SMILES string of the molecule is CC(=O)CNC1CCN(c2ccc(NC(=O)c3sc(-c4ccc(Cl)cc4)nc3C)cc2)C1. The van der Waals surface area contributed by atoms with Gasteiger partial charge in [-0.15, -0.1) is 11.3 Å². The molecule has 0 saturated carbocycles. The van der Waals surface area contributed by atoms with Crippen molar-refractivity contribution >= 4 is 46.0 Å². The van der Waals surface area contributed by atoms with Gasteiger partial charge in [0.05, 0.1) is 12.2 Å². The monoisotopic (exact) mass is 468 g/mol. The normalized spacial score (nSPS) is 15.7. The molecule has 3 aromatic rings. The van der Waals surface area contributed by atoms with Crippen molar-refractivity contribution in [1.82, 2.24) is 10.3 Å². The Morgan fingerprint density at radius 3 is 2.56 bits per heavy atom. The number of hydrogen-bond donors (Lipinski definition) is 2. The maximum absolute atomic E-state index is 12.8. The molecule has 1 aliphatic heterocycles. The second kappa shape index (κ2) is 9.81. The minimum Gasteiger partial charge on any atom is -0.370 e. The van der Waals surface area contributed by atoms with Crippen molar-refractivity contribution in [3.05, 3.63) is 64.1 Å². The van der Waals surface area contributed by atoms with Crippen molar-refractivity contribution < 1.29 is 9.59 Å². The van der Waals surface area contributed by atoms with Gasteiger partial charge in [0.2, 0.25) is 0 Å². The lowest BCUT2D eigenvalue weighted by atomic mass is 10.2. The van der Waals surface area contributed by atoms with Crippen LogP contribution >= 0.6 is 22.9 Å². The lowest BCUT2D eigenvalue weighted by Crippen LogP contribution is -2.35. The number of halogens is 1. The number of Topliss-reactive ketones (excluding diaryl/α,β-unsaturated/α-hetero) is 1. The number of aryl methyl sites for hydroxylation is 1. The molecule has 32 heavy (non-hydrogen) atoms. The number of thiazole rings is 1. The highest BCUT2D eigenvalue weighted by Gasteiger charge is 2.22. The third kappa shape index (κ3) is 5.35. The van der Waals surface area contributed by atoms with Gasteiger partial charge in [-0.3, -0.25) is 9.59 Å². The van der Waals surface area contributed by atoms with E-state index in [4.69, 9.17) is 11.6 Å². The molecule has 0 aliphatic carbocycles. The molecule has 1 aliphatic rings. The first kappa shape index (κ1) is 22.5. The van der Waals surface area contributed by atoms with Crippen LogP contribution in [0.5, 0.6) is 0 Å². The van der Waals surface area contributed by atoms with Crippen LogP contribution in [0.2, 0.25) is 5.02 Å². The van der Waals surface area contributed by atoms with Gasteiger partial charge in [-0.25, -0.2) is 4.98 Å². The van der Waals surface area contributed by atoms with Crippen LogP contribution < -0.4 is 15.5 Å². The Balaban J connectivity index is 1.38. The van der Waals surface area contributed by atoms with Crippen LogP contribution in [0.1, 0.15) is 28.7 Å². The maximum Gasteiger partial charge on any atom is 0.267 e. The summed E-state index contributed by atoms with van der Waals surface area (Å²) >= 11 is 7.33. The molecule has 4 rings (SSSR count). The summed E-state index contributed by atoms with van der Waals surface area (Å²) in [6, 6.07) is 15.6. The molecule has 0 bridgehead atoms. The van der Waals surface area contributed by atoms with E-state index in [1.807, 2.05) is 55.5 Å². The van der Waals surface area contributed by atoms with E-state index < -0.39 is 0 Å². The molecule has 1 amide bonds. The minimum atomic E-state index is -0.164. The first-order valence-corrected chi connectivity index (χ1v) is 11.7. The molecule has 1 fully saturated rings. The average molecular weight is 469 g/mol.